The van der Waals surface area contributed by atoms with E-state index in [-0.39, 0.29) is 10.5 Å². The summed E-state index contributed by atoms with van der Waals surface area (Å²) in [4.78, 5) is 0. The van der Waals surface area contributed by atoms with Crippen LogP contribution in [0.4, 0.5) is 13.2 Å². The Hall–Kier alpha value is -0.240. The summed E-state index contributed by atoms with van der Waals surface area (Å²) in [6.45, 7) is 3.76. The molecule has 0 saturated carbocycles. The molecule has 8 heteroatoms. The summed E-state index contributed by atoms with van der Waals surface area (Å²) in [5.74, 6) is -0.977. The fraction of sp³-hybridized carbons (Fsp3) is 0.833. The van der Waals surface area contributed by atoms with Gasteiger partial charge in [0.15, 0.2) is 0 Å². The van der Waals surface area contributed by atoms with Gasteiger partial charge in [-0.25, -0.2) is 0 Å². The molecule has 2 bridgehead atoms. The highest BCUT2D eigenvalue weighted by Gasteiger charge is 2.42. The van der Waals surface area contributed by atoms with E-state index >= 15 is 0 Å². The molecule has 2 aliphatic heterocycles. The molecule has 0 aliphatic carbocycles. The van der Waals surface area contributed by atoms with Crippen LogP contribution in [0.1, 0.15) is 13.8 Å². The Labute approximate surface area is 84.3 Å². The lowest BCUT2D eigenvalue weighted by atomic mass is 10.4. The van der Waals surface area contributed by atoms with Gasteiger partial charge in [0.05, 0.1) is 0 Å². The smallest absolute Gasteiger partial charge is 0.179 e. The molecule has 2 rings (SSSR count). The number of alkyl halides is 3. The molecule has 0 aromatic carbocycles. The number of nitrogens with zero attached hydrogens (tertiary/aromatic N) is 3. The highest BCUT2D eigenvalue weighted by atomic mass is 32.2. The van der Waals surface area contributed by atoms with Crippen LogP contribution in [0.25, 0.3) is 0 Å². The molecule has 0 N–H and O–H groups in total. The van der Waals surface area contributed by atoms with Crippen LogP contribution in [-0.2, 0) is 21.8 Å². The van der Waals surface area contributed by atoms with Gasteiger partial charge in [0.2, 0.25) is 0 Å². The number of fused-ring (bicyclic) bond motifs is 1. The van der Waals surface area contributed by atoms with E-state index in [2.05, 4.69) is 12.5 Å². The molecule has 0 amide bonds. The van der Waals surface area contributed by atoms with E-state index in [0.717, 1.165) is 0 Å². The first-order chi connectivity index (χ1) is 6.39. The minimum Gasteiger partial charge on any atom is -0.179 e. The van der Waals surface area contributed by atoms with Gasteiger partial charge in [0.25, 0.3) is 5.84 Å². The monoisotopic (exact) mass is 243 g/mol. The van der Waals surface area contributed by atoms with Gasteiger partial charge in [-0.3, -0.25) is 0 Å². The summed E-state index contributed by atoms with van der Waals surface area (Å²) in [5, 5.41) is 0.170. The third-order valence-electron chi connectivity index (χ3n) is 2.09. The summed E-state index contributed by atoms with van der Waals surface area (Å²) in [5.41, 5.74) is 0. The predicted molar refractivity (Wildman–Crippen MR) is 52.0 cm³/mol. The Morgan fingerprint density at radius 2 is 1.71 bits per heavy atom. The summed E-state index contributed by atoms with van der Waals surface area (Å²) < 4.78 is 48.1. The van der Waals surface area contributed by atoms with Crippen molar-refractivity contribution in [1.29, 1.82) is 0 Å². The molecule has 0 radical (unpaired) electrons. The molecular formula is C6H8F3N3S2. The number of halogens is 3. The minimum atomic E-state index is -4.42. The molecule has 2 aliphatic rings. The second-order valence-electron chi connectivity index (χ2n) is 3.07. The van der Waals surface area contributed by atoms with E-state index in [4.69, 9.17) is 0 Å². The van der Waals surface area contributed by atoms with Crippen LogP contribution in [0, 0.1) is 0 Å². The highest BCUT2D eigenvalue weighted by molar-refractivity contribution is 8.02. The maximum atomic E-state index is 12.3. The zero-order valence-electron chi connectivity index (χ0n) is 7.45. The van der Waals surface area contributed by atoms with Gasteiger partial charge in [-0.15, -0.1) is 0 Å². The summed E-state index contributed by atoms with van der Waals surface area (Å²) in [7, 11) is -1.63. The van der Waals surface area contributed by atoms with Gasteiger partial charge in [0.1, 0.15) is 0 Å². The number of hydrogen-bond donors (Lipinski definition) is 0. The second kappa shape index (κ2) is 3.13. The fourth-order valence-corrected chi connectivity index (χ4v) is 5.34. The van der Waals surface area contributed by atoms with Crippen molar-refractivity contribution in [2.75, 3.05) is 0 Å². The molecule has 3 nitrogen and oxygen atoms in total. The Balaban J connectivity index is 2.42. The largest absolute Gasteiger partial charge is 0.452 e. The van der Waals surface area contributed by atoms with E-state index in [1.807, 2.05) is 13.8 Å². The lowest BCUT2D eigenvalue weighted by molar-refractivity contribution is -0.0593. The molecule has 14 heavy (non-hydrogen) atoms. The first kappa shape index (κ1) is 10.3. The van der Waals surface area contributed by atoms with Crippen LogP contribution in [-0.4, -0.2) is 22.5 Å². The van der Waals surface area contributed by atoms with Gasteiger partial charge in [-0.2, -0.15) is 25.7 Å². The quantitative estimate of drug-likeness (QED) is 0.625. The average molecular weight is 243 g/mol. The number of amidine groups is 1. The first-order valence-electron chi connectivity index (χ1n) is 3.95. The van der Waals surface area contributed by atoms with Crippen LogP contribution in [0.5, 0.6) is 0 Å². The van der Waals surface area contributed by atoms with E-state index < -0.39 is 33.8 Å². The Morgan fingerprint density at radius 1 is 1.14 bits per heavy atom. The molecule has 0 aromatic rings. The molecule has 0 spiro atoms. The van der Waals surface area contributed by atoms with Crippen LogP contribution in [0.3, 0.4) is 0 Å². The van der Waals surface area contributed by atoms with Gasteiger partial charge in [-0.05, 0) is 13.8 Å². The SMILES string of the molecule is C[C@@H]1[C@@H](C)[S@@]2=NC(C(F)(F)F)=NS1=N2. The molecule has 80 valence electrons. The second-order valence-corrected chi connectivity index (χ2v) is 6.69. The van der Waals surface area contributed by atoms with Crippen LogP contribution in [0.15, 0.2) is 12.5 Å². The topological polar surface area (TPSA) is 37.1 Å². The lowest BCUT2D eigenvalue weighted by Crippen LogP contribution is -2.22. The zero-order valence-corrected chi connectivity index (χ0v) is 9.08. The van der Waals surface area contributed by atoms with E-state index in [9.17, 15) is 13.2 Å². The molecule has 4 atom stereocenters. The molecule has 2 heterocycles. The van der Waals surface area contributed by atoms with Crippen LogP contribution >= 0.6 is 0 Å². The molecular weight excluding hydrogens is 235 g/mol. The van der Waals surface area contributed by atoms with Gasteiger partial charge in [-0.1, -0.05) is 0 Å². The van der Waals surface area contributed by atoms with Crippen LogP contribution < -0.4 is 0 Å². The third-order valence-corrected chi connectivity index (χ3v) is 6.35. The fourth-order valence-electron chi connectivity index (χ4n) is 1.05. The van der Waals surface area contributed by atoms with Gasteiger partial charge in [0, 0.05) is 32.3 Å². The summed E-state index contributed by atoms with van der Waals surface area (Å²) in [6.07, 6.45) is -4.42. The van der Waals surface area contributed by atoms with Crippen LogP contribution in [0.2, 0.25) is 0 Å². The van der Waals surface area contributed by atoms with Crippen molar-refractivity contribution in [3.63, 3.8) is 0 Å². The Bertz CT molecular complexity index is 371. The van der Waals surface area contributed by atoms with Crippen molar-refractivity contribution in [1.82, 2.24) is 0 Å². The van der Waals surface area contributed by atoms with Crippen molar-refractivity contribution in [3.05, 3.63) is 0 Å². The number of hydrogen-bond acceptors (Lipinski definition) is 3. The highest BCUT2D eigenvalue weighted by Crippen LogP contribution is 2.31. The summed E-state index contributed by atoms with van der Waals surface area (Å²) in [6, 6.07) is 0. The van der Waals surface area contributed by atoms with Crippen molar-refractivity contribution < 1.29 is 13.2 Å². The lowest BCUT2D eigenvalue weighted by Gasteiger charge is -2.07. The minimum absolute atomic E-state index is 0.0851. The van der Waals surface area contributed by atoms with Gasteiger partial charge < -0.3 is 0 Å². The first-order valence-corrected chi connectivity index (χ1v) is 6.36. The average Bonchev–Trinajstić information content (AvgIpc) is 2.29. The standard InChI is InChI=1S/C6H8F3N3S2/c1-3-4(2)14-11-5(6(7,8)9)10-13(3)12-14/h3-4H,1-2H3/t3-,4-,13-,14?/m1/s1. The van der Waals surface area contributed by atoms with Gasteiger partial charge >= 0.3 is 6.18 Å². The Kier molecular flexibility index (Phi) is 2.30. The molecule has 1 unspecified atom stereocenters. The summed E-state index contributed by atoms with van der Waals surface area (Å²) >= 11 is 0. The third kappa shape index (κ3) is 1.54. The van der Waals surface area contributed by atoms with Crippen molar-refractivity contribution in [2.45, 2.75) is 30.5 Å². The zero-order chi connectivity index (χ0) is 10.5. The Morgan fingerprint density at radius 3 is 2.21 bits per heavy atom. The molecule has 0 saturated heterocycles. The van der Waals surface area contributed by atoms with Crippen molar-refractivity contribution in [2.24, 2.45) is 12.5 Å². The normalized spacial score (nSPS) is 41.4. The predicted octanol–water partition coefficient (Wildman–Crippen LogP) is 2.19. The maximum absolute atomic E-state index is 12.3. The maximum Gasteiger partial charge on any atom is 0.452 e. The molecule has 0 fully saturated rings. The van der Waals surface area contributed by atoms with E-state index in [1.165, 1.54) is 0 Å². The molecule has 0 aromatic heterocycles. The van der Waals surface area contributed by atoms with E-state index in [0.29, 0.717) is 0 Å². The number of rotatable bonds is 0. The van der Waals surface area contributed by atoms with Crippen molar-refractivity contribution in [3.8, 4) is 0 Å². The van der Waals surface area contributed by atoms with Crippen molar-refractivity contribution >= 4 is 27.6 Å². The van der Waals surface area contributed by atoms with E-state index in [1.54, 1.807) is 0 Å².